The Morgan fingerprint density at radius 1 is 1.22 bits per heavy atom. The van der Waals surface area contributed by atoms with Crippen LogP contribution in [0.25, 0.3) is 0 Å². The Morgan fingerprint density at radius 3 is 2.50 bits per heavy atom. The third-order valence-electron chi connectivity index (χ3n) is 2.52. The van der Waals surface area contributed by atoms with Crippen LogP contribution < -0.4 is 0 Å². The molecule has 0 aliphatic heterocycles. The molecule has 1 aromatic rings. The highest BCUT2D eigenvalue weighted by molar-refractivity contribution is 7.09. The summed E-state index contributed by atoms with van der Waals surface area (Å²) in [5, 5.41) is 0. The molecule has 1 rings (SSSR count). The number of ether oxygens (including phenoxy) is 3. The highest BCUT2D eigenvalue weighted by Gasteiger charge is 2.07. The summed E-state index contributed by atoms with van der Waals surface area (Å²) < 4.78 is 16.5. The largest absolute Gasteiger partial charge is 0.381 e. The van der Waals surface area contributed by atoms with Crippen molar-refractivity contribution < 1.29 is 14.2 Å². The Hall–Kier alpha value is -0.490. The van der Waals surface area contributed by atoms with E-state index in [0.717, 1.165) is 25.1 Å². The van der Waals surface area contributed by atoms with Gasteiger partial charge >= 0.3 is 0 Å². The molecule has 0 fully saturated rings. The summed E-state index contributed by atoms with van der Waals surface area (Å²) in [5.74, 6) is 0. The van der Waals surface area contributed by atoms with Gasteiger partial charge in [-0.05, 0) is 20.8 Å². The van der Waals surface area contributed by atoms with Gasteiger partial charge in [-0.2, -0.15) is 0 Å². The molecule has 1 aromatic heterocycles. The second-order valence-corrected chi connectivity index (χ2v) is 4.79. The molecular formula is C13H23NO3S. The van der Waals surface area contributed by atoms with Crippen LogP contribution in [0.15, 0.2) is 5.51 Å². The molecule has 0 aromatic carbocycles. The lowest BCUT2D eigenvalue weighted by Gasteiger charge is -2.16. The van der Waals surface area contributed by atoms with E-state index in [1.54, 1.807) is 11.3 Å². The molecule has 0 saturated carbocycles. The van der Waals surface area contributed by atoms with Crippen LogP contribution in [0.1, 0.15) is 30.8 Å². The maximum Gasteiger partial charge on any atom is 0.159 e. The van der Waals surface area contributed by atoms with Gasteiger partial charge in [-0.25, -0.2) is 4.98 Å². The van der Waals surface area contributed by atoms with Crippen molar-refractivity contribution in [1.82, 2.24) is 4.98 Å². The second-order valence-electron chi connectivity index (χ2n) is 3.85. The molecular weight excluding hydrogens is 250 g/mol. The molecule has 4 nitrogen and oxygen atoms in total. The van der Waals surface area contributed by atoms with Crippen molar-refractivity contribution >= 4 is 11.3 Å². The fourth-order valence-electron chi connectivity index (χ4n) is 1.60. The number of aromatic nitrogens is 1. The zero-order chi connectivity index (χ0) is 13.2. The summed E-state index contributed by atoms with van der Waals surface area (Å²) in [5.41, 5.74) is 3.00. The number of hydrogen-bond acceptors (Lipinski definition) is 5. The van der Waals surface area contributed by atoms with Crippen molar-refractivity contribution in [1.29, 1.82) is 0 Å². The van der Waals surface area contributed by atoms with Gasteiger partial charge in [0.1, 0.15) is 0 Å². The Kier molecular flexibility index (Phi) is 8.17. The molecule has 0 atom stereocenters. The normalized spacial score (nSPS) is 11.3. The van der Waals surface area contributed by atoms with Gasteiger partial charge in [-0.1, -0.05) is 0 Å². The first-order chi connectivity index (χ1) is 8.77. The van der Waals surface area contributed by atoms with Crippen LogP contribution in [-0.4, -0.2) is 37.7 Å². The Labute approximate surface area is 113 Å². The summed E-state index contributed by atoms with van der Waals surface area (Å²) in [6.07, 6.45) is 1.58. The van der Waals surface area contributed by atoms with Gasteiger partial charge in [0.05, 0.1) is 24.4 Å². The minimum Gasteiger partial charge on any atom is -0.381 e. The van der Waals surface area contributed by atoms with E-state index in [4.69, 9.17) is 14.2 Å². The lowest BCUT2D eigenvalue weighted by molar-refractivity contribution is -0.146. The molecule has 1 heterocycles. The first-order valence-corrected chi connectivity index (χ1v) is 7.35. The van der Waals surface area contributed by atoms with E-state index in [-0.39, 0.29) is 6.29 Å². The molecule has 0 unspecified atom stereocenters. The fraction of sp³-hybridized carbons (Fsp3) is 0.769. The summed E-state index contributed by atoms with van der Waals surface area (Å²) >= 11 is 1.69. The van der Waals surface area contributed by atoms with Crippen molar-refractivity contribution in [2.45, 2.75) is 39.9 Å². The van der Waals surface area contributed by atoms with Gasteiger partial charge in [0.25, 0.3) is 0 Å². The van der Waals surface area contributed by atoms with E-state index in [0.29, 0.717) is 19.8 Å². The third-order valence-corrected chi connectivity index (χ3v) is 3.52. The zero-order valence-corrected chi connectivity index (χ0v) is 12.3. The molecule has 0 amide bonds. The molecule has 0 bridgehead atoms. The lowest BCUT2D eigenvalue weighted by Crippen LogP contribution is -2.19. The van der Waals surface area contributed by atoms with Crippen molar-refractivity contribution in [2.24, 2.45) is 0 Å². The highest BCUT2D eigenvalue weighted by Crippen LogP contribution is 2.12. The van der Waals surface area contributed by atoms with E-state index < -0.39 is 0 Å². The van der Waals surface area contributed by atoms with Gasteiger partial charge in [-0.3, -0.25) is 0 Å². The van der Waals surface area contributed by atoms with E-state index in [1.807, 2.05) is 26.3 Å². The van der Waals surface area contributed by atoms with Crippen molar-refractivity contribution in [2.75, 3.05) is 26.4 Å². The number of rotatable bonds is 10. The number of aryl methyl sites for hydroxylation is 1. The Balaban J connectivity index is 2.08. The monoisotopic (exact) mass is 273 g/mol. The van der Waals surface area contributed by atoms with Crippen LogP contribution in [0, 0.1) is 6.92 Å². The molecule has 104 valence electrons. The molecule has 0 radical (unpaired) electrons. The molecule has 0 spiro atoms. The summed E-state index contributed by atoms with van der Waals surface area (Å²) in [4.78, 5) is 5.52. The first kappa shape index (κ1) is 15.6. The molecule has 18 heavy (non-hydrogen) atoms. The summed E-state index contributed by atoms with van der Waals surface area (Å²) in [7, 11) is 0. The van der Waals surface area contributed by atoms with Gasteiger partial charge in [-0.15, -0.1) is 11.3 Å². The van der Waals surface area contributed by atoms with Crippen LogP contribution >= 0.6 is 11.3 Å². The SMILES string of the molecule is CCOC(CCOCCc1scnc1C)OCC. The minimum absolute atomic E-state index is 0.134. The van der Waals surface area contributed by atoms with E-state index in [9.17, 15) is 0 Å². The number of nitrogens with zero attached hydrogens (tertiary/aromatic N) is 1. The Morgan fingerprint density at radius 2 is 1.94 bits per heavy atom. The average molecular weight is 273 g/mol. The van der Waals surface area contributed by atoms with Crippen LogP contribution in [0.3, 0.4) is 0 Å². The second kappa shape index (κ2) is 9.44. The number of thiazole rings is 1. The topological polar surface area (TPSA) is 40.6 Å². The zero-order valence-electron chi connectivity index (χ0n) is 11.5. The van der Waals surface area contributed by atoms with Crippen LogP contribution in [0.2, 0.25) is 0 Å². The molecule has 0 aliphatic carbocycles. The fourth-order valence-corrected chi connectivity index (χ4v) is 2.36. The van der Waals surface area contributed by atoms with E-state index >= 15 is 0 Å². The Bertz CT molecular complexity index is 311. The maximum atomic E-state index is 5.60. The van der Waals surface area contributed by atoms with Crippen molar-refractivity contribution in [3.63, 3.8) is 0 Å². The van der Waals surface area contributed by atoms with Crippen LogP contribution in [0.5, 0.6) is 0 Å². The van der Waals surface area contributed by atoms with Crippen LogP contribution in [0.4, 0.5) is 0 Å². The predicted molar refractivity (Wildman–Crippen MR) is 73.0 cm³/mol. The minimum atomic E-state index is -0.134. The molecule has 5 heteroatoms. The summed E-state index contributed by atoms with van der Waals surface area (Å²) in [6, 6.07) is 0. The van der Waals surface area contributed by atoms with Gasteiger partial charge in [0.15, 0.2) is 6.29 Å². The molecule has 0 saturated heterocycles. The number of hydrogen-bond donors (Lipinski definition) is 0. The van der Waals surface area contributed by atoms with Gasteiger partial charge in [0, 0.05) is 30.9 Å². The lowest BCUT2D eigenvalue weighted by atomic mass is 10.3. The van der Waals surface area contributed by atoms with Gasteiger partial charge < -0.3 is 14.2 Å². The smallest absolute Gasteiger partial charge is 0.159 e. The third kappa shape index (κ3) is 5.91. The molecule has 0 aliphatic rings. The first-order valence-electron chi connectivity index (χ1n) is 6.47. The van der Waals surface area contributed by atoms with Gasteiger partial charge in [0.2, 0.25) is 0 Å². The summed E-state index contributed by atoms with van der Waals surface area (Å²) in [6.45, 7) is 8.72. The molecule has 0 N–H and O–H groups in total. The average Bonchev–Trinajstić information content (AvgIpc) is 2.75. The standard InChI is InChI=1S/C13H23NO3S/c1-4-16-13(17-5-2)7-9-15-8-6-12-11(3)14-10-18-12/h10,13H,4-9H2,1-3H3. The van der Waals surface area contributed by atoms with Crippen molar-refractivity contribution in [3.05, 3.63) is 16.1 Å². The van der Waals surface area contributed by atoms with Crippen molar-refractivity contribution in [3.8, 4) is 0 Å². The maximum absolute atomic E-state index is 5.60. The van der Waals surface area contributed by atoms with Crippen LogP contribution in [-0.2, 0) is 20.6 Å². The predicted octanol–water partition coefficient (Wildman–Crippen LogP) is 2.80. The highest BCUT2D eigenvalue weighted by atomic mass is 32.1. The van der Waals surface area contributed by atoms with E-state index in [2.05, 4.69) is 4.98 Å². The van der Waals surface area contributed by atoms with E-state index in [1.165, 1.54) is 4.88 Å². The quantitative estimate of drug-likeness (QED) is 0.485.